The molecule has 240 valence electrons. The van der Waals surface area contributed by atoms with E-state index in [4.69, 9.17) is 24.3 Å². The van der Waals surface area contributed by atoms with Crippen LogP contribution in [-0.4, -0.2) is 68.3 Å². The van der Waals surface area contributed by atoms with E-state index < -0.39 is 8.07 Å². The average Bonchev–Trinajstić information content (AvgIpc) is 3.74. The lowest BCUT2D eigenvalue weighted by Crippen LogP contribution is -2.41. The first-order valence-corrected chi connectivity index (χ1v) is 20.0. The Bertz CT molecular complexity index is 1180. The monoisotopic (exact) mass is 613 g/mol. The van der Waals surface area contributed by atoms with E-state index in [1.54, 1.807) is 0 Å². The van der Waals surface area contributed by atoms with Crippen molar-refractivity contribution < 1.29 is 19.0 Å². The number of benzene rings is 1. The predicted octanol–water partition coefficient (Wildman–Crippen LogP) is 7.30. The molecule has 43 heavy (non-hydrogen) atoms. The summed E-state index contributed by atoms with van der Waals surface area (Å²) in [6, 6.07) is 8.12. The Morgan fingerprint density at radius 2 is 1.81 bits per heavy atom. The Morgan fingerprint density at radius 3 is 2.42 bits per heavy atom. The maximum absolute atomic E-state index is 12.1. The fourth-order valence-corrected chi connectivity index (χ4v) is 6.64. The molecule has 0 bridgehead atoms. The summed E-state index contributed by atoms with van der Waals surface area (Å²) >= 11 is 0. The van der Waals surface area contributed by atoms with Crippen molar-refractivity contribution in [2.45, 2.75) is 122 Å². The second-order valence-electron chi connectivity index (χ2n) is 14.2. The van der Waals surface area contributed by atoms with Crippen molar-refractivity contribution in [1.82, 2.24) is 14.8 Å². The van der Waals surface area contributed by atoms with Gasteiger partial charge in [0.15, 0.2) is 0 Å². The molecule has 2 aromatic rings. The van der Waals surface area contributed by atoms with E-state index >= 15 is 0 Å². The zero-order chi connectivity index (χ0) is 31.1. The first kappa shape index (κ1) is 33.5. The molecular formula is C33H55N5O4Si. The molecule has 0 saturated heterocycles. The molecule has 2 fully saturated rings. The fourth-order valence-electron chi connectivity index (χ4n) is 5.89. The summed E-state index contributed by atoms with van der Waals surface area (Å²) in [4.78, 5) is 19.7. The van der Waals surface area contributed by atoms with Gasteiger partial charge in [-0.25, -0.2) is 4.68 Å². The second-order valence-corrected chi connectivity index (χ2v) is 19.8. The summed E-state index contributed by atoms with van der Waals surface area (Å²) in [5.74, 6) is 2.36. The lowest BCUT2D eigenvalue weighted by atomic mass is 9.90. The summed E-state index contributed by atoms with van der Waals surface area (Å²) in [5, 5.41) is 8.54. The summed E-state index contributed by atoms with van der Waals surface area (Å²) in [6.07, 6.45) is 7.30. The number of hydrogen-bond acceptors (Lipinski definition) is 8. The molecule has 0 radical (unpaired) electrons. The van der Waals surface area contributed by atoms with E-state index in [0.717, 1.165) is 80.5 Å². The minimum Gasteiger partial charge on any atom is -0.469 e. The maximum atomic E-state index is 12.1. The van der Waals surface area contributed by atoms with Crippen LogP contribution in [0.25, 0.3) is 0 Å². The molecule has 1 atom stereocenters. The van der Waals surface area contributed by atoms with E-state index in [2.05, 4.69) is 68.8 Å². The number of carbonyl (C=O) groups excluding carboxylic acids is 1. The fraction of sp³-hybridized carbons (Fsp3) is 0.727. The third kappa shape index (κ3) is 9.78. The van der Waals surface area contributed by atoms with E-state index in [9.17, 15) is 4.79 Å². The van der Waals surface area contributed by atoms with Crippen LogP contribution in [0.1, 0.15) is 88.9 Å². The Kier molecular flexibility index (Phi) is 11.7. The molecule has 1 aromatic heterocycles. The van der Waals surface area contributed by atoms with Gasteiger partial charge in [0.25, 0.3) is 0 Å². The molecule has 2 aliphatic carbocycles. The SMILES string of the molecule is COC(=O)C[C@@H](C)c1ccc(N(CC(C)C)C2CCC(OC)CC2)c(Nc2nc(C3CC3)n(COCC[Si](C)(C)C)n2)c1. The summed E-state index contributed by atoms with van der Waals surface area (Å²) in [7, 11) is 2.11. The van der Waals surface area contributed by atoms with Crippen molar-refractivity contribution >= 4 is 31.4 Å². The molecule has 0 aliphatic heterocycles. The molecule has 2 saturated carbocycles. The molecule has 0 unspecified atom stereocenters. The molecule has 0 spiro atoms. The normalized spacial score (nSPS) is 19.8. The predicted molar refractivity (Wildman–Crippen MR) is 176 cm³/mol. The summed E-state index contributed by atoms with van der Waals surface area (Å²) in [6.45, 7) is 15.9. The summed E-state index contributed by atoms with van der Waals surface area (Å²) in [5.41, 5.74) is 3.21. The van der Waals surface area contributed by atoms with Gasteiger partial charge in [0.05, 0.1) is 31.0 Å². The van der Waals surface area contributed by atoms with Crippen molar-refractivity contribution in [3.63, 3.8) is 0 Å². The van der Waals surface area contributed by atoms with Crippen LogP contribution in [0.2, 0.25) is 25.7 Å². The molecular weight excluding hydrogens is 558 g/mol. The smallest absolute Gasteiger partial charge is 0.306 e. The first-order valence-electron chi connectivity index (χ1n) is 16.3. The van der Waals surface area contributed by atoms with E-state index in [-0.39, 0.29) is 11.9 Å². The minimum atomic E-state index is -1.16. The van der Waals surface area contributed by atoms with Crippen LogP contribution in [0.4, 0.5) is 17.3 Å². The number of ether oxygens (including phenoxy) is 3. The van der Waals surface area contributed by atoms with Gasteiger partial charge in [-0.1, -0.05) is 46.5 Å². The number of esters is 1. The van der Waals surface area contributed by atoms with Gasteiger partial charge in [0, 0.05) is 40.3 Å². The standard InChI is InChI=1S/C33H55N5O4Si/c1-23(2)21-37(27-12-14-28(40-4)15-13-27)30-16-11-26(24(3)19-31(39)41-5)20-29(30)34-33-35-32(25-9-10-25)38(36-33)22-42-17-18-43(6,7)8/h11,16,20,23-25,27-28H,9-10,12-15,17-19,21-22H2,1-8H3,(H,34,36)/t24-,27?,28?/m1/s1. The number of rotatable bonds is 16. The quantitative estimate of drug-likeness (QED) is 0.120. The second kappa shape index (κ2) is 15.0. The van der Waals surface area contributed by atoms with Crippen molar-refractivity contribution in [2.75, 3.05) is 37.6 Å². The van der Waals surface area contributed by atoms with Gasteiger partial charge in [-0.2, -0.15) is 4.98 Å². The maximum Gasteiger partial charge on any atom is 0.306 e. The lowest BCUT2D eigenvalue weighted by molar-refractivity contribution is -0.140. The summed E-state index contributed by atoms with van der Waals surface area (Å²) < 4.78 is 18.7. The van der Waals surface area contributed by atoms with Gasteiger partial charge in [-0.05, 0) is 74.1 Å². The van der Waals surface area contributed by atoms with Crippen LogP contribution >= 0.6 is 0 Å². The topological polar surface area (TPSA) is 90.7 Å². The number of aromatic nitrogens is 3. The highest BCUT2D eigenvalue weighted by Crippen LogP contribution is 2.41. The van der Waals surface area contributed by atoms with Crippen LogP contribution in [0, 0.1) is 5.92 Å². The third-order valence-corrected chi connectivity index (χ3v) is 10.4. The molecule has 1 N–H and O–H groups in total. The lowest BCUT2D eigenvalue weighted by Gasteiger charge is -2.40. The van der Waals surface area contributed by atoms with Crippen LogP contribution in [0.15, 0.2) is 18.2 Å². The van der Waals surface area contributed by atoms with E-state index in [0.29, 0.717) is 43.1 Å². The minimum absolute atomic E-state index is 0.0186. The molecule has 1 aromatic carbocycles. The van der Waals surface area contributed by atoms with Gasteiger partial charge in [-0.3, -0.25) is 4.79 Å². The number of nitrogens with one attached hydrogen (secondary N) is 1. The average molecular weight is 614 g/mol. The van der Waals surface area contributed by atoms with E-state index in [1.807, 2.05) is 11.8 Å². The van der Waals surface area contributed by atoms with Crippen LogP contribution in [0.5, 0.6) is 0 Å². The largest absolute Gasteiger partial charge is 0.469 e. The van der Waals surface area contributed by atoms with Gasteiger partial charge in [0.1, 0.15) is 12.6 Å². The van der Waals surface area contributed by atoms with E-state index in [1.165, 1.54) is 7.11 Å². The van der Waals surface area contributed by atoms with Crippen LogP contribution in [0.3, 0.4) is 0 Å². The van der Waals surface area contributed by atoms with Crippen molar-refractivity contribution in [3.8, 4) is 0 Å². The zero-order valence-electron chi connectivity index (χ0n) is 27.8. The number of carbonyl (C=O) groups is 1. The first-order chi connectivity index (χ1) is 20.5. The molecule has 0 amide bonds. The number of anilines is 3. The Labute approximate surface area is 260 Å². The van der Waals surface area contributed by atoms with Gasteiger partial charge < -0.3 is 24.4 Å². The molecule has 4 rings (SSSR count). The highest BCUT2D eigenvalue weighted by Gasteiger charge is 2.31. The zero-order valence-corrected chi connectivity index (χ0v) is 28.8. The highest BCUT2D eigenvalue weighted by atomic mass is 28.3. The van der Waals surface area contributed by atoms with Gasteiger partial charge in [-0.15, -0.1) is 5.10 Å². The number of hydrogen-bond donors (Lipinski definition) is 1. The Hall–Kier alpha value is -2.43. The van der Waals surface area contributed by atoms with Crippen LogP contribution in [-0.2, 0) is 25.7 Å². The molecule has 1 heterocycles. The molecule has 2 aliphatic rings. The number of nitrogens with zero attached hydrogens (tertiary/aromatic N) is 4. The van der Waals surface area contributed by atoms with Gasteiger partial charge >= 0.3 is 5.97 Å². The Balaban J connectivity index is 1.64. The highest BCUT2D eigenvalue weighted by molar-refractivity contribution is 6.76. The molecule has 9 nitrogen and oxygen atoms in total. The van der Waals surface area contributed by atoms with Crippen molar-refractivity contribution in [1.29, 1.82) is 0 Å². The van der Waals surface area contributed by atoms with Crippen molar-refractivity contribution in [2.24, 2.45) is 5.92 Å². The number of methoxy groups -OCH3 is 2. The molecule has 10 heteroatoms. The van der Waals surface area contributed by atoms with Crippen molar-refractivity contribution in [3.05, 3.63) is 29.6 Å². The third-order valence-electron chi connectivity index (χ3n) is 8.68. The van der Waals surface area contributed by atoms with Crippen LogP contribution < -0.4 is 10.2 Å². The Morgan fingerprint density at radius 1 is 1.09 bits per heavy atom. The van der Waals surface area contributed by atoms with Gasteiger partial charge in [0.2, 0.25) is 5.95 Å².